The Morgan fingerprint density at radius 2 is 1.60 bits per heavy atom. The van der Waals surface area contributed by atoms with Gasteiger partial charge in [-0.25, -0.2) is 4.79 Å². The second-order valence-electron chi connectivity index (χ2n) is 12.6. The molecular weight excluding hydrogens is 639 g/mol. The quantitative estimate of drug-likeness (QED) is 0.271. The molecule has 2 aromatic rings. The smallest absolute Gasteiger partial charge is 0.318 e. The van der Waals surface area contributed by atoms with E-state index in [9.17, 15) is 19.2 Å². The van der Waals surface area contributed by atoms with Crippen molar-refractivity contribution in [1.29, 1.82) is 0 Å². The topological polar surface area (TPSA) is 128 Å². The summed E-state index contributed by atoms with van der Waals surface area (Å²) in [7, 11) is 0. The summed E-state index contributed by atoms with van der Waals surface area (Å²) in [5.74, 6) is -0.235. The van der Waals surface area contributed by atoms with Gasteiger partial charge < -0.3 is 31.1 Å². The third kappa shape index (κ3) is 10.1. The van der Waals surface area contributed by atoms with Crippen LogP contribution in [0.5, 0.6) is 0 Å². The van der Waals surface area contributed by atoms with Gasteiger partial charge in [-0.3, -0.25) is 14.4 Å². The number of hydrogen-bond donors (Lipinski definition) is 3. The van der Waals surface area contributed by atoms with Gasteiger partial charge >= 0.3 is 6.03 Å². The highest BCUT2D eigenvalue weighted by Gasteiger charge is 2.44. The molecule has 2 aliphatic heterocycles. The third-order valence-corrected chi connectivity index (χ3v) is 9.87. The summed E-state index contributed by atoms with van der Waals surface area (Å²) in [4.78, 5) is 59.4. The number of hydrogen-bond acceptors (Lipinski definition) is 5. The highest BCUT2D eigenvalue weighted by atomic mass is 35.5. The molecule has 4 rings (SSSR count). The number of piperazine rings is 1. The summed E-state index contributed by atoms with van der Waals surface area (Å²) >= 11 is 12.5. The van der Waals surface area contributed by atoms with Crippen LogP contribution in [0.25, 0.3) is 0 Å². The largest absolute Gasteiger partial charge is 0.356 e. The maximum Gasteiger partial charge on any atom is 0.318 e. The van der Waals surface area contributed by atoms with Crippen molar-refractivity contribution in [2.45, 2.75) is 64.3 Å². The Kier molecular flexibility index (Phi) is 13.8. The zero-order valence-electron chi connectivity index (χ0n) is 27.3. The zero-order valence-corrected chi connectivity index (χ0v) is 28.8. The summed E-state index contributed by atoms with van der Waals surface area (Å²) in [5, 5.41) is 6.76. The summed E-state index contributed by atoms with van der Waals surface area (Å²) in [5.41, 5.74) is 6.54. The number of urea groups is 1. The molecule has 2 heterocycles. The molecule has 0 aromatic heterocycles. The van der Waals surface area contributed by atoms with E-state index < -0.39 is 11.5 Å². The van der Waals surface area contributed by atoms with E-state index >= 15 is 0 Å². The lowest BCUT2D eigenvalue weighted by Crippen LogP contribution is -2.60. The maximum atomic E-state index is 14.3. The minimum absolute atomic E-state index is 0.0711. The summed E-state index contributed by atoms with van der Waals surface area (Å²) < 4.78 is 0. The van der Waals surface area contributed by atoms with Gasteiger partial charge in [-0.2, -0.15) is 0 Å². The predicted molar refractivity (Wildman–Crippen MR) is 185 cm³/mol. The van der Waals surface area contributed by atoms with Crippen LogP contribution in [0.4, 0.5) is 4.79 Å². The van der Waals surface area contributed by atoms with E-state index in [1.807, 2.05) is 37.3 Å². The fourth-order valence-corrected chi connectivity index (χ4v) is 6.86. The van der Waals surface area contributed by atoms with E-state index in [2.05, 4.69) is 10.6 Å². The number of halogens is 2. The second-order valence-corrected chi connectivity index (χ2v) is 13.4. The fraction of sp³-hybridized carbons (Fsp3) is 0.543. The Bertz CT molecular complexity index is 1370. The molecule has 2 fully saturated rings. The van der Waals surface area contributed by atoms with Crippen LogP contribution in [-0.2, 0) is 27.2 Å². The van der Waals surface area contributed by atoms with E-state index in [0.717, 1.165) is 30.4 Å². The van der Waals surface area contributed by atoms with Crippen LogP contribution < -0.4 is 16.4 Å². The molecule has 2 saturated heterocycles. The van der Waals surface area contributed by atoms with Crippen LogP contribution in [0, 0.1) is 5.41 Å². The SMILES string of the molecule is CCNC(=O)[C@]1(Cc2ccccc2)CCCN(C(=O)[C@@H](Cc2ccc(Cl)c(Cl)c2)NC(=O)N2CCN(C(=O)CCCCCN)CC2)C1. The highest BCUT2D eigenvalue weighted by Crippen LogP contribution is 2.35. The molecule has 5 amide bonds. The fourth-order valence-electron chi connectivity index (χ4n) is 6.54. The second kappa shape index (κ2) is 17.7. The number of benzene rings is 2. The lowest BCUT2D eigenvalue weighted by molar-refractivity contribution is -0.142. The number of rotatable bonds is 13. The molecule has 0 unspecified atom stereocenters. The predicted octanol–water partition coefficient (Wildman–Crippen LogP) is 4.27. The molecule has 256 valence electrons. The van der Waals surface area contributed by atoms with Crippen molar-refractivity contribution in [3.63, 3.8) is 0 Å². The normalized spacial score (nSPS) is 18.9. The summed E-state index contributed by atoms with van der Waals surface area (Å²) in [6.07, 6.45) is 5.12. The number of likely N-dealkylation sites (tertiary alicyclic amines) is 1. The average molecular weight is 688 g/mol. The van der Waals surface area contributed by atoms with Crippen molar-refractivity contribution in [2.75, 3.05) is 52.4 Å². The molecule has 47 heavy (non-hydrogen) atoms. The van der Waals surface area contributed by atoms with Gasteiger partial charge in [0.2, 0.25) is 17.7 Å². The molecule has 0 bridgehead atoms. The van der Waals surface area contributed by atoms with Crippen molar-refractivity contribution in [2.24, 2.45) is 11.1 Å². The van der Waals surface area contributed by atoms with Gasteiger partial charge in [0.15, 0.2) is 0 Å². The van der Waals surface area contributed by atoms with Crippen molar-refractivity contribution in [3.8, 4) is 0 Å². The van der Waals surface area contributed by atoms with Crippen LogP contribution >= 0.6 is 23.2 Å². The highest BCUT2D eigenvalue weighted by molar-refractivity contribution is 6.42. The first-order chi connectivity index (χ1) is 22.7. The monoisotopic (exact) mass is 686 g/mol. The minimum atomic E-state index is -0.899. The molecule has 2 atom stereocenters. The van der Waals surface area contributed by atoms with Gasteiger partial charge in [-0.15, -0.1) is 0 Å². The first-order valence-corrected chi connectivity index (χ1v) is 17.5. The van der Waals surface area contributed by atoms with E-state index in [0.29, 0.717) is 81.5 Å². The lowest BCUT2D eigenvalue weighted by Gasteiger charge is -2.43. The average Bonchev–Trinajstić information content (AvgIpc) is 3.08. The van der Waals surface area contributed by atoms with Gasteiger partial charge in [0.05, 0.1) is 15.5 Å². The first kappa shape index (κ1) is 36.5. The number of nitrogens with one attached hydrogen (secondary N) is 2. The number of carbonyl (C=O) groups excluding carboxylic acids is 4. The first-order valence-electron chi connectivity index (χ1n) is 16.7. The Morgan fingerprint density at radius 3 is 2.28 bits per heavy atom. The molecule has 2 aromatic carbocycles. The standard InChI is InChI=1S/C35H48Cl2N6O4/c1-2-39-33(46)35(24-26-10-5-3-6-11-26)15-9-17-43(25-35)32(45)30(23-27-13-14-28(36)29(37)22-27)40-34(47)42-20-18-41(19-21-42)31(44)12-7-4-8-16-38/h3,5-6,10-11,13-14,22,30H,2,4,7-9,12,15-21,23-25,38H2,1H3,(H,39,46)(H,40,47)/t30-,35+/m1/s1. The van der Waals surface area contributed by atoms with Crippen LogP contribution in [-0.4, -0.2) is 96.9 Å². The Morgan fingerprint density at radius 1 is 0.872 bits per heavy atom. The number of amides is 5. The molecule has 12 heteroatoms. The number of carbonyl (C=O) groups is 4. The maximum absolute atomic E-state index is 14.3. The summed E-state index contributed by atoms with van der Waals surface area (Å²) in [6.45, 7) is 5.35. The van der Waals surface area contributed by atoms with Crippen molar-refractivity contribution < 1.29 is 19.2 Å². The number of piperidine rings is 1. The van der Waals surface area contributed by atoms with Crippen molar-refractivity contribution >= 4 is 47.0 Å². The number of nitrogens with zero attached hydrogens (tertiary/aromatic N) is 3. The Hall–Kier alpha value is -3.34. The lowest BCUT2D eigenvalue weighted by atomic mass is 9.74. The van der Waals surface area contributed by atoms with Crippen LogP contribution in [0.1, 0.15) is 56.6 Å². The number of nitrogens with two attached hydrogens (primary N) is 1. The van der Waals surface area contributed by atoms with Gasteiger partial charge in [-0.1, -0.05) is 66.0 Å². The molecule has 0 radical (unpaired) electrons. The van der Waals surface area contributed by atoms with Crippen molar-refractivity contribution in [3.05, 3.63) is 69.7 Å². The Balaban J connectivity index is 1.49. The molecule has 2 aliphatic rings. The third-order valence-electron chi connectivity index (χ3n) is 9.13. The molecule has 10 nitrogen and oxygen atoms in total. The zero-order chi connectivity index (χ0) is 33.8. The minimum Gasteiger partial charge on any atom is -0.356 e. The van der Waals surface area contributed by atoms with Gasteiger partial charge in [0.25, 0.3) is 0 Å². The molecule has 4 N–H and O–H groups in total. The molecule has 0 saturated carbocycles. The Labute approximate surface area is 288 Å². The van der Waals surface area contributed by atoms with E-state index in [1.54, 1.807) is 32.9 Å². The van der Waals surface area contributed by atoms with E-state index in [4.69, 9.17) is 28.9 Å². The van der Waals surface area contributed by atoms with E-state index in [1.165, 1.54) is 0 Å². The van der Waals surface area contributed by atoms with Crippen LogP contribution in [0.15, 0.2) is 48.5 Å². The van der Waals surface area contributed by atoms with Gasteiger partial charge in [0, 0.05) is 58.7 Å². The van der Waals surface area contributed by atoms with Gasteiger partial charge in [-0.05, 0) is 68.8 Å². The molecule has 0 aliphatic carbocycles. The van der Waals surface area contributed by atoms with Gasteiger partial charge in [0.1, 0.15) is 6.04 Å². The van der Waals surface area contributed by atoms with Crippen LogP contribution in [0.3, 0.4) is 0 Å². The summed E-state index contributed by atoms with van der Waals surface area (Å²) in [6, 6.07) is 13.8. The molecular formula is C35H48Cl2N6O4. The van der Waals surface area contributed by atoms with Crippen LogP contribution in [0.2, 0.25) is 10.0 Å². The van der Waals surface area contributed by atoms with Crippen molar-refractivity contribution in [1.82, 2.24) is 25.3 Å². The number of unbranched alkanes of at least 4 members (excludes halogenated alkanes) is 2. The molecule has 0 spiro atoms. The van der Waals surface area contributed by atoms with E-state index in [-0.39, 0.29) is 36.7 Å².